The van der Waals surface area contributed by atoms with Crippen molar-refractivity contribution in [1.82, 2.24) is 0 Å². The molecule has 0 amide bonds. The van der Waals surface area contributed by atoms with Gasteiger partial charge in [0.2, 0.25) is 0 Å². The van der Waals surface area contributed by atoms with Crippen LogP contribution in [-0.4, -0.2) is 18.6 Å². The first kappa shape index (κ1) is 15.0. The van der Waals surface area contributed by atoms with Gasteiger partial charge in [0.1, 0.15) is 0 Å². The number of nitrogens with two attached hydrogens (primary N) is 1. The first-order valence-corrected chi connectivity index (χ1v) is 7.12. The summed E-state index contributed by atoms with van der Waals surface area (Å²) in [7, 11) is 0. The van der Waals surface area contributed by atoms with Gasteiger partial charge >= 0.3 is 0 Å². The lowest BCUT2D eigenvalue weighted by molar-refractivity contribution is 0.457. The summed E-state index contributed by atoms with van der Waals surface area (Å²) in [6.07, 6.45) is 4.72. The van der Waals surface area contributed by atoms with Gasteiger partial charge < -0.3 is 10.6 Å². The maximum atomic E-state index is 6.04. The van der Waals surface area contributed by atoms with Crippen LogP contribution in [0, 0.1) is 0 Å². The van der Waals surface area contributed by atoms with Crippen molar-refractivity contribution in [1.29, 1.82) is 0 Å². The normalized spacial score (nSPS) is 11.6. The summed E-state index contributed by atoms with van der Waals surface area (Å²) in [5.74, 6) is 0. The molecule has 0 unspecified atom stereocenters. The van der Waals surface area contributed by atoms with Crippen LogP contribution in [0.15, 0.2) is 30.3 Å². The Kier molecular flexibility index (Phi) is 6.20. The molecule has 0 aliphatic rings. The van der Waals surface area contributed by atoms with E-state index in [1.165, 1.54) is 18.5 Å². The van der Waals surface area contributed by atoms with Gasteiger partial charge in [-0.1, -0.05) is 31.5 Å². The van der Waals surface area contributed by atoms with E-state index in [0.29, 0.717) is 0 Å². The van der Waals surface area contributed by atoms with Crippen LogP contribution < -0.4 is 10.6 Å². The highest BCUT2D eigenvalue weighted by atomic mass is 15.1. The quantitative estimate of drug-likeness (QED) is 0.758. The lowest BCUT2D eigenvalue weighted by Crippen LogP contribution is -2.34. The van der Waals surface area contributed by atoms with Crippen LogP contribution in [0.3, 0.4) is 0 Å². The van der Waals surface area contributed by atoms with Gasteiger partial charge in [-0.05, 0) is 45.2 Å². The second-order valence-corrected chi connectivity index (χ2v) is 5.77. The fourth-order valence-electron chi connectivity index (χ4n) is 2.08. The highest BCUT2D eigenvalue weighted by Gasteiger charge is 2.11. The largest absolute Gasteiger partial charge is 0.372 e. The van der Waals surface area contributed by atoms with Crippen molar-refractivity contribution >= 4 is 5.69 Å². The van der Waals surface area contributed by atoms with Crippen LogP contribution in [-0.2, 0) is 0 Å². The number of hydrogen-bond acceptors (Lipinski definition) is 2. The highest BCUT2D eigenvalue weighted by Crippen LogP contribution is 2.16. The van der Waals surface area contributed by atoms with Gasteiger partial charge in [-0.3, -0.25) is 0 Å². The fourth-order valence-corrected chi connectivity index (χ4v) is 2.08. The van der Waals surface area contributed by atoms with Gasteiger partial charge in [-0.15, -0.1) is 0 Å². The van der Waals surface area contributed by atoms with Gasteiger partial charge in [-0.2, -0.15) is 0 Å². The van der Waals surface area contributed by atoms with Crippen LogP contribution in [0.4, 0.5) is 5.69 Å². The Hall–Kier alpha value is -1.02. The molecular formula is C16H28N2. The Balaban J connectivity index is 2.51. The first-order valence-electron chi connectivity index (χ1n) is 7.12. The molecule has 0 atom stereocenters. The molecule has 18 heavy (non-hydrogen) atoms. The van der Waals surface area contributed by atoms with Crippen LogP contribution >= 0.6 is 0 Å². The molecule has 0 radical (unpaired) electrons. The number of hydrogen-bond donors (Lipinski definition) is 1. The average Bonchev–Trinajstić information content (AvgIpc) is 2.33. The van der Waals surface area contributed by atoms with Crippen LogP contribution in [0.2, 0.25) is 0 Å². The second-order valence-electron chi connectivity index (χ2n) is 5.77. The summed E-state index contributed by atoms with van der Waals surface area (Å²) >= 11 is 0. The Morgan fingerprint density at radius 2 is 1.67 bits per heavy atom. The SMILES string of the molecule is CCCCN(CCCC(C)(C)N)c1ccccc1. The topological polar surface area (TPSA) is 29.3 Å². The molecule has 0 aliphatic heterocycles. The first-order chi connectivity index (χ1) is 8.53. The molecule has 0 heterocycles. The maximum absolute atomic E-state index is 6.04. The summed E-state index contributed by atoms with van der Waals surface area (Å²) in [6.45, 7) is 8.69. The Morgan fingerprint density at radius 1 is 1.06 bits per heavy atom. The van der Waals surface area contributed by atoms with Gasteiger partial charge in [-0.25, -0.2) is 0 Å². The zero-order valence-electron chi connectivity index (χ0n) is 12.2. The van der Waals surface area contributed by atoms with Crippen LogP contribution in [0.25, 0.3) is 0 Å². The minimum absolute atomic E-state index is 0.0485. The predicted octanol–water partition coefficient (Wildman–Crippen LogP) is 3.81. The lowest BCUT2D eigenvalue weighted by Gasteiger charge is -2.26. The summed E-state index contributed by atoms with van der Waals surface area (Å²) in [4.78, 5) is 2.48. The Labute approximate surface area is 112 Å². The molecule has 1 aromatic rings. The number of unbranched alkanes of at least 4 members (excludes halogenated alkanes) is 1. The van der Waals surface area contributed by atoms with Gasteiger partial charge in [0.25, 0.3) is 0 Å². The van der Waals surface area contributed by atoms with Gasteiger partial charge in [0.15, 0.2) is 0 Å². The molecule has 2 nitrogen and oxygen atoms in total. The number of para-hydroxylation sites is 1. The molecule has 0 bridgehead atoms. The van der Waals surface area contributed by atoms with E-state index in [9.17, 15) is 0 Å². The van der Waals surface area contributed by atoms with Crippen LogP contribution in [0.1, 0.15) is 46.5 Å². The summed E-state index contributed by atoms with van der Waals surface area (Å²) < 4.78 is 0. The minimum Gasteiger partial charge on any atom is -0.372 e. The van der Waals surface area contributed by atoms with E-state index in [2.05, 4.69) is 56.0 Å². The van der Waals surface area contributed by atoms with E-state index in [1.807, 2.05) is 0 Å². The van der Waals surface area contributed by atoms with Crippen molar-refractivity contribution in [3.8, 4) is 0 Å². The molecule has 102 valence electrons. The molecule has 2 N–H and O–H groups in total. The third kappa shape index (κ3) is 6.06. The van der Waals surface area contributed by atoms with E-state index < -0.39 is 0 Å². The molecule has 0 saturated heterocycles. The van der Waals surface area contributed by atoms with Crippen LogP contribution in [0.5, 0.6) is 0 Å². The Morgan fingerprint density at radius 3 is 2.22 bits per heavy atom. The third-order valence-electron chi connectivity index (χ3n) is 3.15. The highest BCUT2D eigenvalue weighted by molar-refractivity contribution is 5.45. The Bertz CT molecular complexity index is 314. The molecular weight excluding hydrogens is 220 g/mol. The summed E-state index contributed by atoms with van der Waals surface area (Å²) in [5.41, 5.74) is 7.33. The van der Waals surface area contributed by atoms with E-state index in [1.54, 1.807) is 0 Å². The van der Waals surface area contributed by atoms with Gasteiger partial charge in [0, 0.05) is 24.3 Å². The van der Waals surface area contributed by atoms with Crippen molar-refractivity contribution < 1.29 is 0 Å². The number of rotatable bonds is 8. The van der Waals surface area contributed by atoms with E-state index >= 15 is 0 Å². The molecule has 2 heteroatoms. The van der Waals surface area contributed by atoms with Crippen molar-refractivity contribution in [2.75, 3.05) is 18.0 Å². The fraction of sp³-hybridized carbons (Fsp3) is 0.625. The van der Waals surface area contributed by atoms with E-state index in [0.717, 1.165) is 25.9 Å². The third-order valence-corrected chi connectivity index (χ3v) is 3.15. The molecule has 0 aromatic heterocycles. The zero-order valence-corrected chi connectivity index (χ0v) is 12.2. The summed E-state index contributed by atoms with van der Waals surface area (Å²) in [5, 5.41) is 0. The molecule has 0 spiro atoms. The molecule has 0 saturated carbocycles. The maximum Gasteiger partial charge on any atom is 0.0366 e. The molecule has 1 rings (SSSR count). The summed E-state index contributed by atoms with van der Waals surface area (Å²) in [6, 6.07) is 10.7. The smallest absolute Gasteiger partial charge is 0.0366 e. The van der Waals surface area contributed by atoms with Gasteiger partial charge in [0.05, 0.1) is 0 Å². The zero-order chi connectivity index (χ0) is 13.4. The average molecular weight is 248 g/mol. The van der Waals surface area contributed by atoms with Crippen molar-refractivity contribution in [2.24, 2.45) is 5.73 Å². The molecule has 0 aliphatic carbocycles. The monoisotopic (exact) mass is 248 g/mol. The van der Waals surface area contributed by atoms with Crippen molar-refractivity contribution in [2.45, 2.75) is 52.0 Å². The number of anilines is 1. The van der Waals surface area contributed by atoms with Crippen molar-refractivity contribution in [3.05, 3.63) is 30.3 Å². The number of nitrogens with zero attached hydrogens (tertiary/aromatic N) is 1. The van der Waals surface area contributed by atoms with E-state index in [-0.39, 0.29) is 5.54 Å². The minimum atomic E-state index is -0.0485. The second kappa shape index (κ2) is 7.42. The number of benzene rings is 1. The molecule has 1 aromatic carbocycles. The molecule has 0 fully saturated rings. The van der Waals surface area contributed by atoms with Crippen molar-refractivity contribution in [3.63, 3.8) is 0 Å². The lowest BCUT2D eigenvalue weighted by atomic mass is 10.00. The predicted molar refractivity (Wildman–Crippen MR) is 81.1 cm³/mol. The van der Waals surface area contributed by atoms with E-state index in [4.69, 9.17) is 5.73 Å². The standard InChI is InChI=1S/C16H28N2/c1-4-5-13-18(14-9-12-16(2,3)17)15-10-7-6-8-11-15/h6-8,10-11H,4-5,9,12-14,17H2,1-3H3.